The second kappa shape index (κ2) is 6.19. The fourth-order valence-corrected chi connectivity index (χ4v) is 3.82. The highest BCUT2D eigenvalue weighted by atomic mass is 15.3. The van der Waals surface area contributed by atoms with E-state index in [9.17, 15) is 0 Å². The van der Waals surface area contributed by atoms with Crippen LogP contribution in [0.2, 0.25) is 0 Å². The third kappa shape index (κ3) is 3.01. The zero-order valence-corrected chi connectivity index (χ0v) is 12.5. The van der Waals surface area contributed by atoms with Gasteiger partial charge in [0.1, 0.15) is 5.82 Å². The number of nitrogens with one attached hydrogen (secondary N) is 1. The maximum absolute atomic E-state index is 4.41. The van der Waals surface area contributed by atoms with Crippen LogP contribution in [0.25, 0.3) is 0 Å². The summed E-state index contributed by atoms with van der Waals surface area (Å²) in [6.07, 6.45) is 11.6. The second-order valence-electron chi connectivity index (χ2n) is 6.38. The molecule has 2 heterocycles. The zero-order valence-electron chi connectivity index (χ0n) is 12.5. The van der Waals surface area contributed by atoms with Gasteiger partial charge in [-0.2, -0.15) is 0 Å². The Balaban J connectivity index is 1.71. The van der Waals surface area contributed by atoms with Crippen molar-refractivity contribution in [3.63, 3.8) is 0 Å². The Bertz CT molecular complexity index is 414. The van der Waals surface area contributed by atoms with Crippen LogP contribution in [0.4, 0.5) is 0 Å². The van der Waals surface area contributed by atoms with Crippen LogP contribution in [0.5, 0.6) is 0 Å². The largest absolute Gasteiger partial charge is 0.308 e. The average Bonchev–Trinajstić information content (AvgIpc) is 2.92. The normalized spacial score (nSPS) is 26.1. The molecular weight excluding hydrogens is 248 g/mol. The molecule has 1 aromatic heterocycles. The van der Waals surface area contributed by atoms with E-state index in [4.69, 9.17) is 0 Å². The van der Waals surface area contributed by atoms with Crippen molar-refractivity contribution in [3.8, 4) is 0 Å². The minimum Gasteiger partial charge on any atom is -0.308 e. The molecule has 1 aliphatic heterocycles. The Morgan fingerprint density at radius 2 is 2.05 bits per heavy atom. The maximum Gasteiger partial charge on any atom is 0.142 e. The number of rotatable bonds is 4. The first kappa shape index (κ1) is 14.0. The number of hydrogen-bond acceptors (Lipinski definition) is 4. The van der Waals surface area contributed by atoms with Gasteiger partial charge in [0.2, 0.25) is 0 Å². The summed E-state index contributed by atoms with van der Waals surface area (Å²) < 4.78 is 0. The Morgan fingerprint density at radius 3 is 2.75 bits per heavy atom. The molecule has 1 unspecified atom stereocenters. The molecule has 0 radical (unpaired) electrons. The molecule has 0 amide bonds. The van der Waals surface area contributed by atoms with E-state index in [0.717, 1.165) is 25.5 Å². The first-order valence-corrected chi connectivity index (χ1v) is 8.06. The quantitative estimate of drug-likeness (QED) is 0.915. The predicted octanol–water partition coefficient (Wildman–Crippen LogP) is 2.36. The van der Waals surface area contributed by atoms with Gasteiger partial charge in [-0.15, -0.1) is 0 Å². The fourth-order valence-electron chi connectivity index (χ4n) is 3.82. The summed E-state index contributed by atoms with van der Waals surface area (Å²) in [6.45, 7) is 5.46. The van der Waals surface area contributed by atoms with Crippen molar-refractivity contribution in [2.24, 2.45) is 0 Å². The second-order valence-corrected chi connectivity index (χ2v) is 6.38. The summed E-state index contributed by atoms with van der Waals surface area (Å²) in [6, 6.07) is 2.53. The molecule has 0 bridgehead atoms. The average molecular weight is 274 g/mol. The van der Waals surface area contributed by atoms with E-state index in [-0.39, 0.29) is 0 Å². The topological polar surface area (TPSA) is 41.0 Å². The van der Waals surface area contributed by atoms with Gasteiger partial charge < -0.3 is 5.32 Å². The lowest BCUT2D eigenvalue weighted by molar-refractivity contribution is 0.0668. The molecule has 1 aliphatic carbocycles. The molecule has 20 heavy (non-hydrogen) atoms. The molecule has 0 aromatic carbocycles. The minimum atomic E-state index is 0.374. The minimum absolute atomic E-state index is 0.374. The van der Waals surface area contributed by atoms with Crippen LogP contribution in [0, 0.1) is 0 Å². The summed E-state index contributed by atoms with van der Waals surface area (Å²) >= 11 is 0. The van der Waals surface area contributed by atoms with Crippen molar-refractivity contribution in [1.82, 2.24) is 20.2 Å². The van der Waals surface area contributed by atoms with Gasteiger partial charge in [-0.25, -0.2) is 9.97 Å². The summed E-state index contributed by atoms with van der Waals surface area (Å²) in [5.74, 6) is 0.962. The number of piperazine rings is 1. The number of aromatic nitrogens is 2. The van der Waals surface area contributed by atoms with Crippen LogP contribution in [-0.4, -0.2) is 39.5 Å². The lowest BCUT2D eigenvalue weighted by Crippen LogP contribution is -2.62. The Labute approximate surface area is 122 Å². The van der Waals surface area contributed by atoms with Gasteiger partial charge in [-0.05, 0) is 25.3 Å². The lowest BCUT2D eigenvalue weighted by atomic mass is 9.91. The van der Waals surface area contributed by atoms with E-state index in [1.165, 1.54) is 38.5 Å². The smallest absolute Gasteiger partial charge is 0.142 e. The zero-order chi connectivity index (χ0) is 13.8. The molecule has 3 rings (SSSR count). The maximum atomic E-state index is 4.41. The van der Waals surface area contributed by atoms with E-state index in [1.807, 2.05) is 18.5 Å². The molecule has 1 saturated heterocycles. The summed E-state index contributed by atoms with van der Waals surface area (Å²) in [4.78, 5) is 11.4. The first-order chi connectivity index (χ1) is 9.81. The van der Waals surface area contributed by atoms with Crippen LogP contribution in [0.1, 0.15) is 51.3 Å². The van der Waals surface area contributed by atoms with Crippen LogP contribution in [0.3, 0.4) is 0 Å². The highest BCUT2D eigenvalue weighted by Gasteiger charge is 2.40. The van der Waals surface area contributed by atoms with Gasteiger partial charge in [0.05, 0.1) is 6.54 Å². The molecule has 1 atom stereocenters. The summed E-state index contributed by atoms with van der Waals surface area (Å²) in [5, 5.41) is 3.86. The Morgan fingerprint density at radius 1 is 1.30 bits per heavy atom. The SMILES string of the molecule is CCCC1CNC2(CCCC2)CN1Cc1ncccn1. The lowest BCUT2D eigenvalue weighted by Gasteiger charge is -2.46. The molecule has 1 N–H and O–H groups in total. The highest BCUT2D eigenvalue weighted by molar-refractivity contribution is 5.02. The van der Waals surface area contributed by atoms with Crippen LogP contribution in [0.15, 0.2) is 18.5 Å². The molecule has 1 spiro atoms. The van der Waals surface area contributed by atoms with Crippen LogP contribution < -0.4 is 5.32 Å². The van der Waals surface area contributed by atoms with E-state index >= 15 is 0 Å². The number of hydrogen-bond donors (Lipinski definition) is 1. The van der Waals surface area contributed by atoms with Crippen molar-refractivity contribution in [2.75, 3.05) is 13.1 Å². The van der Waals surface area contributed by atoms with Gasteiger partial charge in [0.15, 0.2) is 0 Å². The van der Waals surface area contributed by atoms with Crippen LogP contribution in [-0.2, 0) is 6.54 Å². The third-order valence-corrected chi connectivity index (χ3v) is 4.88. The van der Waals surface area contributed by atoms with Gasteiger partial charge in [-0.3, -0.25) is 4.90 Å². The fraction of sp³-hybridized carbons (Fsp3) is 0.750. The number of nitrogens with zero attached hydrogens (tertiary/aromatic N) is 3. The Kier molecular flexibility index (Phi) is 4.32. The molecule has 4 heteroatoms. The molecule has 2 aliphatic rings. The van der Waals surface area contributed by atoms with Gasteiger partial charge >= 0.3 is 0 Å². The van der Waals surface area contributed by atoms with Crippen molar-refractivity contribution >= 4 is 0 Å². The van der Waals surface area contributed by atoms with Crippen molar-refractivity contribution in [2.45, 2.75) is 63.6 Å². The molecule has 1 saturated carbocycles. The van der Waals surface area contributed by atoms with Gasteiger partial charge in [0.25, 0.3) is 0 Å². The van der Waals surface area contributed by atoms with Crippen LogP contribution >= 0.6 is 0 Å². The highest BCUT2D eigenvalue weighted by Crippen LogP contribution is 2.34. The van der Waals surface area contributed by atoms with Crippen molar-refractivity contribution in [3.05, 3.63) is 24.3 Å². The van der Waals surface area contributed by atoms with E-state index in [2.05, 4.69) is 27.1 Å². The van der Waals surface area contributed by atoms with E-state index < -0.39 is 0 Å². The van der Waals surface area contributed by atoms with E-state index in [1.54, 1.807) is 0 Å². The van der Waals surface area contributed by atoms with Crippen molar-refractivity contribution in [1.29, 1.82) is 0 Å². The predicted molar refractivity (Wildman–Crippen MR) is 80.3 cm³/mol. The molecule has 1 aromatic rings. The summed E-state index contributed by atoms with van der Waals surface area (Å²) in [5.41, 5.74) is 0.374. The van der Waals surface area contributed by atoms with E-state index in [0.29, 0.717) is 11.6 Å². The molecule has 110 valence electrons. The summed E-state index contributed by atoms with van der Waals surface area (Å²) in [7, 11) is 0. The monoisotopic (exact) mass is 274 g/mol. The molecule has 4 nitrogen and oxygen atoms in total. The molecular formula is C16H26N4. The standard InChI is InChI=1S/C16H26N4/c1-2-6-14-11-19-16(7-3-4-8-16)13-20(14)12-15-17-9-5-10-18-15/h5,9-10,14,19H,2-4,6-8,11-13H2,1H3. The van der Waals surface area contributed by atoms with Gasteiger partial charge in [0, 0.05) is 37.1 Å². The molecule has 2 fully saturated rings. The Hall–Kier alpha value is -1.00. The van der Waals surface area contributed by atoms with Crippen molar-refractivity contribution < 1.29 is 0 Å². The first-order valence-electron chi connectivity index (χ1n) is 8.06. The third-order valence-electron chi connectivity index (χ3n) is 4.88. The van der Waals surface area contributed by atoms with Gasteiger partial charge in [-0.1, -0.05) is 26.2 Å².